The summed E-state index contributed by atoms with van der Waals surface area (Å²) in [5.41, 5.74) is 0.452. The quantitative estimate of drug-likeness (QED) is 0.535. The number of alkyl carbamates (subject to hydrolysis) is 1. The van der Waals surface area contributed by atoms with Crippen molar-refractivity contribution >= 4 is 26.0 Å². The van der Waals surface area contributed by atoms with Gasteiger partial charge in [0.2, 0.25) is 0 Å². The monoisotopic (exact) mass is 446 g/mol. The molecule has 1 atom stereocenters. The van der Waals surface area contributed by atoms with Gasteiger partial charge in [0.15, 0.2) is 8.32 Å². The SMILES string of the molecule is CC(C)(C)OC(=O)NC1COc2cccc(C#CCO[Si](C)(C)C(C)(C)C)c2NC1=O. The molecule has 0 saturated heterocycles. The van der Waals surface area contributed by atoms with Crippen molar-refractivity contribution in [1.29, 1.82) is 0 Å². The van der Waals surface area contributed by atoms with E-state index in [-0.39, 0.29) is 11.6 Å². The summed E-state index contributed by atoms with van der Waals surface area (Å²) >= 11 is 0. The molecule has 1 aliphatic heterocycles. The Balaban J connectivity index is 2.10. The summed E-state index contributed by atoms with van der Waals surface area (Å²) in [5.74, 6) is 6.23. The Kier molecular flexibility index (Phi) is 7.45. The number of carbonyl (C=O) groups is 2. The van der Waals surface area contributed by atoms with Gasteiger partial charge in [0.25, 0.3) is 5.91 Å². The first-order valence-corrected chi connectivity index (χ1v) is 13.3. The van der Waals surface area contributed by atoms with Crippen LogP contribution in [0.3, 0.4) is 0 Å². The van der Waals surface area contributed by atoms with Gasteiger partial charge in [-0.1, -0.05) is 38.7 Å². The average Bonchev–Trinajstić information content (AvgIpc) is 2.76. The van der Waals surface area contributed by atoms with Gasteiger partial charge in [-0.2, -0.15) is 0 Å². The third-order valence-electron chi connectivity index (χ3n) is 5.22. The molecule has 0 aliphatic carbocycles. The number of hydrogen-bond acceptors (Lipinski definition) is 5. The van der Waals surface area contributed by atoms with Crippen LogP contribution in [0, 0.1) is 11.8 Å². The van der Waals surface area contributed by atoms with Crippen LogP contribution in [0.5, 0.6) is 5.75 Å². The predicted molar refractivity (Wildman–Crippen MR) is 124 cm³/mol. The van der Waals surface area contributed by atoms with E-state index in [0.717, 1.165) is 0 Å². The Morgan fingerprint density at radius 2 is 1.94 bits per heavy atom. The highest BCUT2D eigenvalue weighted by atomic mass is 28.4. The van der Waals surface area contributed by atoms with Gasteiger partial charge in [-0.15, -0.1) is 0 Å². The van der Waals surface area contributed by atoms with Crippen LogP contribution in [0.15, 0.2) is 18.2 Å². The number of ether oxygens (including phenoxy) is 2. The summed E-state index contributed by atoms with van der Waals surface area (Å²) < 4.78 is 17.1. The summed E-state index contributed by atoms with van der Waals surface area (Å²) in [4.78, 5) is 24.7. The lowest BCUT2D eigenvalue weighted by molar-refractivity contribution is -0.118. The molecule has 1 aromatic rings. The molecule has 31 heavy (non-hydrogen) atoms. The van der Waals surface area contributed by atoms with Gasteiger partial charge in [0.05, 0.1) is 17.9 Å². The first-order valence-electron chi connectivity index (χ1n) is 10.4. The second-order valence-electron chi connectivity index (χ2n) is 10.0. The van der Waals surface area contributed by atoms with E-state index in [2.05, 4.69) is 56.3 Å². The lowest BCUT2D eigenvalue weighted by atomic mass is 10.1. The molecule has 170 valence electrons. The Bertz CT molecular complexity index is 888. The van der Waals surface area contributed by atoms with E-state index in [4.69, 9.17) is 13.9 Å². The van der Waals surface area contributed by atoms with Gasteiger partial charge in [-0.25, -0.2) is 4.79 Å². The number of carbonyl (C=O) groups excluding carboxylic acids is 2. The molecule has 1 unspecified atom stereocenters. The molecule has 8 heteroatoms. The van der Waals surface area contributed by atoms with Crippen molar-refractivity contribution in [3.8, 4) is 17.6 Å². The number of hydrogen-bond donors (Lipinski definition) is 2. The smallest absolute Gasteiger partial charge is 0.408 e. The second-order valence-corrected chi connectivity index (χ2v) is 14.8. The lowest BCUT2D eigenvalue weighted by Gasteiger charge is -2.35. The molecular weight excluding hydrogens is 412 g/mol. The van der Waals surface area contributed by atoms with Gasteiger partial charge in [-0.05, 0) is 51.0 Å². The summed E-state index contributed by atoms with van der Waals surface area (Å²) in [6.45, 7) is 16.5. The molecule has 1 heterocycles. The number of nitrogens with one attached hydrogen (secondary N) is 2. The summed E-state index contributed by atoms with van der Waals surface area (Å²) in [6.07, 6.45) is -0.676. The van der Waals surface area contributed by atoms with Crippen LogP contribution in [0.1, 0.15) is 47.1 Å². The first kappa shape index (κ1) is 24.8. The molecule has 7 nitrogen and oxygen atoms in total. The van der Waals surface area contributed by atoms with Crippen LogP contribution in [-0.4, -0.2) is 45.2 Å². The van der Waals surface area contributed by atoms with Gasteiger partial charge in [-0.3, -0.25) is 4.79 Å². The van der Waals surface area contributed by atoms with E-state index >= 15 is 0 Å². The molecule has 1 aliphatic rings. The van der Waals surface area contributed by atoms with Crippen molar-refractivity contribution in [2.24, 2.45) is 0 Å². The zero-order valence-electron chi connectivity index (χ0n) is 19.8. The summed E-state index contributed by atoms with van der Waals surface area (Å²) in [6, 6.07) is 4.49. The molecular formula is C23H34N2O5Si. The summed E-state index contributed by atoms with van der Waals surface area (Å²) in [7, 11) is -1.88. The minimum absolute atomic E-state index is 0.0105. The molecule has 0 fully saturated rings. The van der Waals surface area contributed by atoms with Crippen molar-refractivity contribution in [3.05, 3.63) is 23.8 Å². The van der Waals surface area contributed by atoms with E-state index in [1.165, 1.54) is 0 Å². The van der Waals surface area contributed by atoms with Crippen molar-refractivity contribution in [2.75, 3.05) is 18.5 Å². The maximum atomic E-state index is 12.7. The van der Waals surface area contributed by atoms with Crippen LogP contribution < -0.4 is 15.4 Å². The normalized spacial score (nSPS) is 16.6. The Morgan fingerprint density at radius 3 is 2.55 bits per heavy atom. The standard InChI is InChI=1S/C23H34N2O5Si/c1-22(2,3)30-21(27)24-17-15-28-18-13-9-11-16(19(18)25-20(17)26)12-10-14-29-31(7,8)23(4,5)6/h9,11,13,17H,14-15H2,1-8H3,(H,24,27)(H,25,26). The third-order valence-corrected chi connectivity index (χ3v) is 9.70. The first-order chi connectivity index (χ1) is 14.2. The maximum absolute atomic E-state index is 12.7. The molecule has 2 amide bonds. The van der Waals surface area contributed by atoms with E-state index < -0.39 is 32.0 Å². The van der Waals surface area contributed by atoms with E-state index in [0.29, 0.717) is 23.6 Å². The number of anilines is 1. The fourth-order valence-electron chi connectivity index (χ4n) is 2.46. The topological polar surface area (TPSA) is 85.9 Å². The van der Waals surface area contributed by atoms with Gasteiger partial charge < -0.3 is 24.5 Å². The lowest BCUT2D eigenvalue weighted by Crippen LogP contribution is -2.48. The van der Waals surface area contributed by atoms with Crippen LogP contribution in [0.4, 0.5) is 10.5 Å². The molecule has 2 rings (SSSR count). The second kappa shape index (κ2) is 9.33. The third kappa shape index (κ3) is 7.01. The largest absolute Gasteiger partial charge is 0.489 e. The predicted octanol–water partition coefficient (Wildman–Crippen LogP) is 4.28. The van der Waals surface area contributed by atoms with Crippen molar-refractivity contribution in [1.82, 2.24) is 5.32 Å². The van der Waals surface area contributed by atoms with E-state index in [9.17, 15) is 9.59 Å². The van der Waals surface area contributed by atoms with Crippen molar-refractivity contribution < 1.29 is 23.5 Å². The number of benzene rings is 1. The minimum atomic E-state index is -1.88. The summed E-state index contributed by atoms with van der Waals surface area (Å²) in [5, 5.41) is 5.48. The molecule has 0 aromatic heterocycles. The van der Waals surface area contributed by atoms with Crippen LogP contribution in [0.2, 0.25) is 18.1 Å². The Morgan fingerprint density at radius 1 is 1.26 bits per heavy atom. The molecule has 0 spiro atoms. The zero-order valence-corrected chi connectivity index (χ0v) is 20.8. The molecule has 1 aromatic carbocycles. The van der Waals surface area contributed by atoms with Crippen molar-refractivity contribution in [2.45, 2.75) is 71.3 Å². The van der Waals surface area contributed by atoms with Gasteiger partial charge >= 0.3 is 6.09 Å². The van der Waals surface area contributed by atoms with Crippen LogP contribution >= 0.6 is 0 Å². The molecule has 0 saturated carbocycles. The molecule has 2 N–H and O–H groups in total. The van der Waals surface area contributed by atoms with Crippen LogP contribution in [0.25, 0.3) is 0 Å². The Hall–Kier alpha value is -2.50. The Labute approximate surface area is 186 Å². The highest BCUT2D eigenvalue weighted by molar-refractivity contribution is 6.74. The molecule has 0 bridgehead atoms. The van der Waals surface area contributed by atoms with Gasteiger partial charge in [0.1, 0.15) is 24.0 Å². The van der Waals surface area contributed by atoms with Crippen molar-refractivity contribution in [3.63, 3.8) is 0 Å². The maximum Gasteiger partial charge on any atom is 0.408 e. The fourth-order valence-corrected chi connectivity index (χ4v) is 3.33. The van der Waals surface area contributed by atoms with E-state index in [1.54, 1.807) is 26.8 Å². The number of amides is 2. The van der Waals surface area contributed by atoms with Gasteiger partial charge in [0, 0.05) is 0 Å². The zero-order chi connectivity index (χ0) is 23.4. The van der Waals surface area contributed by atoms with E-state index in [1.807, 2.05) is 12.1 Å². The number of para-hydroxylation sites is 1. The molecule has 0 radical (unpaired) electrons. The highest BCUT2D eigenvalue weighted by Gasteiger charge is 2.36. The number of fused-ring (bicyclic) bond motifs is 1. The fraction of sp³-hybridized carbons (Fsp3) is 0.565. The number of rotatable bonds is 3. The minimum Gasteiger partial charge on any atom is -0.489 e. The average molecular weight is 447 g/mol. The van der Waals surface area contributed by atoms with Crippen LogP contribution in [-0.2, 0) is 14.0 Å². The highest BCUT2D eigenvalue weighted by Crippen LogP contribution is 2.36.